The topological polar surface area (TPSA) is 52.6 Å². The maximum absolute atomic E-state index is 11.6. The molecule has 0 aromatic carbocycles. The highest BCUT2D eigenvalue weighted by Gasteiger charge is 2.11. The SMILES string of the molecule is C=CC(C)OC(=O)CCCC(=O)OC(C)CCCCC. The minimum absolute atomic E-state index is 0.0400. The fourth-order valence-corrected chi connectivity index (χ4v) is 1.72. The molecule has 0 aromatic rings. The standard InChI is InChI=1S/C16H28O4/c1-5-7-8-10-14(4)20-16(18)12-9-11-15(17)19-13(3)6-2/h6,13-14H,2,5,7-12H2,1,3-4H3. The number of carbonyl (C=O) groups is 2. The summed E-state index contributed by atoms with van der Waals surface area (Å²) in [4.78, 5) is 22.9. The molecule has 0 saturated heterocycles. The number of hydrogen-bond acceptors (Lipinski definition) is 4. The van der Waals surface area contributed by atoms with E-state index in [0.29, 0.717) is 6.42 Å². The lowest BCUT2D eigenvalue weighted by molar-refractivity contribution is -0.149. The minimum Gasteiger partial charge on any atom is -0.463 e. The van der Waals surface area contributed by atoms with Gasteiger partial charge >= 0.3 is 11.9 Å². The van der Waals surface area contributed by atoms with Gasteiger partial charge in [0, 0.05) is 12.8 Å². The van der Waals surface area contributed by atoms with Gasteiger partial charge in [0.05, 0.1) is 6.10 Å². The molecule has 4 heteroatoms. The molecule has 2 unspecified atom stereocenters. The van der Waals surface area contributed by atoms with Crippen molar-refractivity contribution in [3.05, 3.63) is 12.7 Å². The third-order valence-electron chi connectivity index (χ3n) is 2.96. The van der Waals surface area contributed by atoms with Crippen molar-refractivity contribution in [3.8, 4) is 0 Å². The molecule has 0 aliphatic carbocycles. The Morgan fingerprint density at radius 1 is 1.05 bits per heavy atom. The second-order valence-electron chi connectivity index (χ2n) is 5.08. The van der Waals surface area contributed by atoms with Gasteiger partial charge in [-0.25, -0.2) is 0 Å². The molecule has 2 atom stereocenters. The predicted molar refractivity (Wildman–Crippen MR) is 79.3 cm³/mol. The highest BCUT2D eigenvalue weighted by Crippen LogP contribution is 2.09. The third kappa shape index (κ3) is 10.6. The van der Waals surface area contributed by atoms with Gasteiger partial charge in [-0.3, -0.25) is 9.59 Å². The van der Waals surface area contributed by atoms with E-state index < -0.39 is 0 Å². The smallest absolute Gasteiger partial charge is 0.306 e. The van der Waals surface area contributed by atoms with Crippen LogP contribution >= 0.6 is 0 Å². The van der Waals surface area contributed by atoms with Crippen LogP contribution in [0, 0.1) is 0 Å². The predicted octanol–water partition coefficient (Wildman–Crippen LogP) is 3.79. The van der Waals surface area contributed by atoms with Gasteiger partial charge in [-0.05, 0) is 33.1 Å². The molecule has 0 radical (unpaired) electrons. The van der Waals surface area contributed by atoms with E-state index in [9.17, 15) is 9.59 Å². The Morgan fingerprint density at radius 3 is 2.20 bits per heavy atom. The molecule has 0 aliphatic rings. The Labute approximate surface area is 122 Å². The lowest BCUT2D eigenvalue weighted by atomic mass is 10.1. The van der Waals surface area contributed by atoms with E-state index in [2.05, 4.69) is 13.5 Å². The molecule has 0 N–H and O–H groups in total. The summed E-state index contributed by atoms with van der Waals surface area (Å²) < 4.78 is 10.3. The molecular formula is C16H28O4. The fraction of sp³-hybridized carbons (Fsp3) is 0.750. The van der Waals surface area contributed by atoms with E-state index in [0.717, 1.165) is 25.7 Å². The average molecular weight is 284 g/mol. The summed E-state index contributed by atoms with van der Waals surface area (Å²) in [5, 5.41) is 0. The molecule has 116 valence electrons. The van der Waals surface area contributed by atoms with E-state index in [1.807, 2.05) is 6.92 Å². The summed E-state index contributed by atoms with van der Waals surface area (Å²) in [6.07, 6.45) is 6.49. The van der Waals surface area contributed by atoms with Gasteiger partial charge in [-0.1, -0.05) is 32.4 Å². The van der Waals surface area contributed by atoms with Crippen molar-refractivity contribution in [3.63, 3.8) is 0 Å². The monoisotopic (exact) mass is 284 g/mol. The first-order chi connectivity index (χ1) is 9.49. The second kappa shape index (κ2) is 11.5. The van der Waals surface area contributed by atoms with E-state index in [4.69, 9.17) is 9.47 Å². The number of unbranched alkanes of at least 4 members (excludes halogenated alkanes) is 2. The summed E-state index contributed by atoms with van der Waals surface area (Å²) in [6.45, 7) is 9.33. The fourth-order valence-electron chi connectivity index (χ4n) is 1.72. The van der Waals surface area contributed by atoms with Gasteiger partial charge in [0.15, 0.2) is 0 Å². The first kappa shape index (κ1) is 18.7. The van der Waals surface area contributed by atoms with Crippen LogP contribution in [-0.4, -0.2) is 24.1 Å². The largest absolute Gasteiger partial charge is 0.463 e. The Hall–Kier alpha value is -1.32. The molecule has 0 saturated carbocycles. The van der Waals surface area contributed by atoms with Crippen LogP contribution in [0.15, 0.2) is 12.7 Å². The molecule has 4 nitrogen and oxygen atoms in total. The van der Waals surface area contributed by atoms with Crippen molar-refractivity contribution in [2.24, 2.45) is 0 Å². The summed E-state index contributed by atoms with van der Waals surface area (Å²) in [5.41, 5.74) is 0. The molecule has 0 heterocycles. The zero-order chi connectivity index (χ0) is 15.4. The molecule has 0 rings (SSSR count). The molecule has 0 spiro atoms. The molecule has 0 aliphatic heterocycles. The zero-order valence-corrected chi connectivity index (χ0v) is 13.0. The molecule has 0 bridgehead atoms. The van der Waals surface area contributed by atoms with Crippen molar-refractivity contribution in [1.82, 2.24) is 0 Å². The summed E-state index contributed by atoms with van der Waals surface area (Å²) in [6, 6.07) is 0. The molecule has 0 amide bonds. The van der Waals surface area contributed by atoms with E-state index in [1.165, 1.54) is 0 Å². The van der Waals surface area contributed by atoms with Crippen molar-refractivity contribution in [2.45, 2.75) is 77.9 Å². The quantitative estimate of drug-likeness (QED) is 0.329. The van der Waals surface area contributed by atoms with Crippen molar-refractivity contribution in [2.75, 3.05) is 0 Å². The Kier molecular flexibility index (Phi) is 10.7. The number of rotatable bonds is 11. The van der Waals surface area contributed by atoms with Crippen molar-refractivity contribution < 1.29 is 19.1 Å². The number of carbonyl (C=O) groups excluding carboxylic acids is 2. The second-order valence-corrected chi connectivity index (χ2v) is 5.08. The number of hydrogen-bond donors (Lipinski definition) is 0. The lowest BCUT2D eigenvalue weighted by Gasteiger charge is -2.13. The van der Waals surface area contributed by atoms with E-state index >= 15 is 0 Å². The lowest BCUT2D eigenvalue weighted by Crippen LogP contribution is -2.16. The molecule has 0 aromatic heterocycles. The van der Waals surface area contributed by atoms with Gasteiger partial charge in [0.1, 0.15) is 6.10 Å². The number of ether oxygens (including phenoxy) is 2. The van der Waals surface area contributed by atoms with Crippen LogP contribution < -0.4 is 0 Å². The van der Waals surface area contributed by atoms with Gasteiger partial charge < -0.3 is 9.47 Å². The minimum atomic E-state index is -0.304. The van der Waals surface area contributed by atoms with Crippen LogP contribution in [-0.2, 0) is 19.1 Å². The van der Waals surface area contributed by atoms with Gasteiger partial charge in [0.2, 0.25) is 0 Å². The summed E-state index contributed by atoms with van der Waals surface area (Å²) in [7, 11) is 0. The van der Waals surface area contributed by atoms with Crippen LogP contribution in [0.2, 0.25) is 0 Å². The maximum Gasteiger partial charge on any atom is 0.306 e. The molecule has 20 heavy (non-hydrogen) atoms. The molecular weight excluding hydrogens is 256 g/mol. The highest BCUT2D eigenvalue weighted by atomic mass is 16.5. The van der Waals surface area contributed by atoms with Crippen LogP contribution in [0.3, 0.4) is 0 Å². The van der Waals surface area contributed by atoms with Crippen LogP contribution in [0.5, 0.6) is 0 Å². The van der Waals surface area contributed by atoms with Gasteiger partial charge in [-0.15, -0.1) is 0 Å². The van der Waals surface area contributed by atoms with Gasteiger partial charge in [0.25, 0.3) is 0 Å². The van der Waals surface area contributed by atoms with E-state index in [-0.39, 0.29) is 37.0 Å². The van der Waals surface area contributed by atoms with E-state index in [1.54, 1.807) is 13.0 Å². The average Bonchev–Trinajstić information content (AvgIpc) is 2.38. The van der Waals surface area contributed by atoms with Crippen LogP contribution in [0.1, 0.15) is 65.7 Å². The Bertz CT molecular complexity index is 299. The maximum atomic E-state index is 11.6. The van der Waals surface area contributed by atoms with Crippen LogP contribution in [0.25, 0.3) is 0 Å². The Balaban J connectivity index is 3.67. The third-order valence-corrected chi connectivity index (χ3v) is 2.96. The normalized spacial score (nSPS) is 13.3. The first-order valence-corrected chi connectivity index (χ1v) is 7.51. The van der Waals surface area contributed by atoms with Crippen LogP contribution in [0.4, 0.5) is 0 Å². The Morgan fingerprint density at radius 2 is 1.65 bits per heavy atom. The first-order valence-electron chi connectivity index (χ1n) is 7.51. The highest BCUT2D eigenvalue weighted by molar-refractivity contribution is 5.72. The summed E-state index contributed by atoms with van der Waals surface area (Å²) >= 11 is 0. The van der Waals surface area contributed by atoms with Crippen molar-refractivity contribution in [1.29, 1.82) is 0 Å². The molecule has 0 fully saturated rings. The number of esters is 2. The summed E-state index contributed by atoms with van der Waals surface area (Å²) in [5.74, 6) is -0.542. The van der Waals surface area contributed by atoms with Gasteiger partial charge in [-0.2, -0.15) is 0 Å². The zero-order valence-electron chi connectivity index (χ0n) is 13.0. The van der Waals surface area contributed by atoms with Crippen molar-refractivity contribution >= 4 is 11.9 Å².